The highest BCUT2D eigenvalue weighted by atomic mass is 16.1. The van der Waals surface area contributed by atoms with E-state index in [1.165, 1.54) is 6.92 Å². The number of nitrogens with one attached hydrogen (secondary N) is 1. The van der Waals surface area contributed by atoms with E-state index in [0.29, 0.717) is 6.54 Å². The molecule has 0 atom stereocenters. The zero-order valence-electron chi connectivity index (χ0n) is 9.68. The Morgan fingerprint density at radius 3 is 2.53 bits per heavy atom. The van der Waals surface area contributed by atoms with Crippen molar-refractivity contribution in [2.45, 2.75) is 13.5 Å². The molecule has 0 saturated carbocycles. The predicted molar refractivity (Wildman–Crippen MR) is 67.2 cm³/mol. The molecule has 2 rings (SSSR count). The molecule has 1 heterocycles. The van der Waals surface area contributed by atoms with E-state index in [4.69, 9.17) is 0 Å². The van der Waals surface area contributed by atoms with Gasteiger partial charge in [0.05, 0.1) is 5.69 Å². The van der Waals surface area contributed by atoms with Gasteiger partial charge in [-0.1, -0.05) is 36.4 Å². The Morgan fingerprint density at radius 1 is 1.18 bits per heavy atom. The van der Waals surface area contributed by atoms with E-state index in [2.05, 4.69) is 10.3 Å². The summed E-state index contributed by atoms with van der Waals surface area (Å²) in [6, 6.07) is 13.9. The summed E-state index contributed by atoms with van der Waals surface area (Å²) in [7, 11) is 0. The average molecular weight is 226 g/mol. The van der Waals surface area contributed by atoms with E-state index < -0.39 is 0 Å². The second-order valence-electron chi connectivity index (χ2n) is 3.83. The van der Waals surface area contributed by atoms with Crippen LogP contribution in [0.15, 0.2) is 48.7 Å². The SMILES string of the molecule is CC(=O)NCc1ccc(-c2ccccc2)nc1. The summed E-state index contributed by atoms with van der Waals surface area (Å²) in [4.78, 5) is 15.1. The van der Waals surface area contributed by atoms with Crippen LogP contribution >= 0.6 is 0 Å². The number of amides is 1. The Labute approximate surface area is 101 Å². The molecule has 1 aromatic heterocycles. The third-order valence-electron chi connectivity index (χ3n) is 2.44. The highest BCUT2D eigenvalue weighted by Crippen LogP contribution is 2.15. The van der Waals surface area contributed by atoms with Crippen molar-refractivity contribution in [2.75, 3.05) is 0 Å². The lowest BCUT2D eigenvalue weighted by Crippen LogP contribution is -2.18. The standard InChI is InChI=1S/C14H14N2O/c1-11(17)15-9-12-7-8-14(16-10-12)13-5-3-2-4-6-13/h2-8,10H,9H2,1H3,(H,15,17). The smallest absolute Gasteiger partial charge is 0.217 e. The Hall–Kier alpha value is -2.16. The number of carbonyl (C=O) groups excluding carboxylic acids is 1. The van der Waals surface area contributed by atoms with Crippen LogP contribution in [-0.4, -0.2) is 10.9 Å². The lowest BCUT2D eigenvalue weighted by atomic mass is 10.1. The monoisotopic (exact) mass is 226 g/mol. The van der Waals surface area contributed by atoms with Gasteiger partial charge in [0.15, 0.2) is 0 Å². The van der Waals surface area contributed by atoms with E-state index in [1.54, 1.807) is 6.20 Å². The lowest BCUT2D eigenvalue weighted by molar-refractivity contribution is -0.119. The fourth-order valence-corrected chi connectivity index (χ4v) is 1.54. The van der Waals surface area contributed by atoms with Gasteiger partial charge in [-0.25, -0.2) is 0 Å². The Bertz CT molecular complexity index is 491. The van der Waals surface area contributed by atoms with E-state index in [1.807, 2.05) is 42.5 Å². The molecule has 86 valence electrons. The second kappa shape index (κ2) is 5.25. The first-order chi connectivity index (χ1) is 8.25. The van der Waals surface area contributed by atoms with Crippen LogP contribution in [0.4, 0.5) is 0 Å². The van der Waals surface area contributed by atoms with Gasteiger partial charge in [-0.3, -0.25) is 9.78 Å². The van der Waals surface area contributed by atoms with Crippen molar-refractivity contribution in [1.82, 2.24) is 10.3 Å². The summed E-state index contributed by atoms with van der Waals surface area (Å²) in [5.41, 5.74) is 3.04. The number of aromatic nitrogens is 1. The number of hydrogen-bond donors (Lipinski definition) is 1. The zero-order valence-corrected chi connectivity index (χ0v) is 9.68. The van der Waals surface area contributed by atoms with Crippen molar-refractivity contribution in [3.05, 3.63) is 54.2 Å². The van der Waals surface area contributed by atoms with Gasteiger partial charge in [0.2, 0.25) is 5.91 Å². The van der Waals surface area contributed by atoms with Gasteiger partial charge in [-0.2, -0.15) is 0 Å². The van der Waals surface area contributed by atoms with Gasteiger partial charge < -0.3 is 5.32 Å². The van der Waals surface area contributed by atoms with Crippen LogP contribution in [0, 0.1) is 0 Å². The molecule has 1 amide bonds. The van der Waals surface area contributed by atoms with Crippen LogP contribution in [0.1, 0.15) is 12.5 Å². The highest BCUT2D eigenvalue weighted by Gasteiger charge is 1.99. The third-order valence-corrected chi connectivity index (χ3v) is 2.44. The van der Waals surface area contributed by atoms with Gasteiger partial charge in [-0.15, -0.1) is 0 Å². The molecule has 1 aromatic carbocycles. The molecular weight excluding hydrogens is 212 g/mol. The molecule has 17 heavy (non-hydrogen) atoms. The molecule has 0 fully saturated rings. The van der Waals surface area contributed by atoms with Crippen LogP contribution in [0.3, 0.4) is 0 Å². The molecule has 2 aromatic rings. The van der Waals surface area contributed by atoms with Crippen molar-refractivity contribution >= 4 is 5.91 Å². The first kappa shape index (κ1) is 11.3. The van der Waals surface area contributed by atoms with Gasteiger partial charge in [0.25, 0.3) is 0 Å². The molecule has 0 aliphatic heterocycles. The summed E-state index contributed by atoms with van der Waals surface area (Å²) in [5, 5.41) is 2.74. The quantitative estimate of drug-likeness (QED) is 0.873. The summed E-state index contributed by atoms with van der Waals surface area (Å²) >= 11 is 0. The minimum atomic E-state index is -0.0304. The number of carbonyl (C=O) groups is 1. The molecule has 0 aliphatic carbocycles. The normalized spacial score (nSPS) is 9.94. The minimum absolute atomic E-state index is 0.0304. The number of hydrogen-bond acceptors (Lipinski definition) is 2. The van der Waals surface area contributed by atoms with Crippen molar-refractivity contribution in [3.8, 4) is 11.3 Å². The molecule has 0 unspecified atom stereocenters. The van der Waals surface area contributed by atoms with Gasteiger partial charge in [0.1, 0.15) is 0 Å². The van der Waals surface area contributed by atoms with Gasteiger partial charge in [-0.05, 0) is 11.6 Å². The Balaban J connectivity index is 2.11. The largest absolute Gasteiger partial charge is 0.352 e. The zero-order chi connectivity index (χ0) is 12.1. The van der Waals surface area contributed by atoms with Crippen molar-refractivity contribution in [1.29, 1.82) is 0 Å². The van der Waals surface area contributed by atoms with Crippen LogP contribution < -0.4 is 5.32 Å². The van der Waals surface area contributed by atoms with E-state index in [9.17, 15) is 4.79 Å². The summed E-state index contributed by atoms with van der Waals surface area (Å²) in [6.45, 7) is 2.03. The fourth-order valence-electron chi connectivity index (χ4n) is 1.54. The Kier molecular flexibility index (Phi) is 3.50. The van der Waals surface area contributed by atoms with E-state index in [0.717, 1.165) is 16.8 Å². The molecule has 0 aliphatic rings. The molecule has 1 N–H and O–H groups in total. The maximum absolute atomic E-state index is 10.8. The first-order valence-corrected chi connectivity index (χ1v) is 5.50. The first-order valence-electron chi connectivity index (χ1n) is 5.50. The number of rotatable bonds is 3. The predicted octanol–water partition coefficient (Wildman–Crippen LogP) is 2.38. The van der Waals surface area contributed by atoms with E-state index in [-0.39, 0.29) is 5.91 Å². The topological polar surface area (TPSA) is 42.0 Å². The number of pyridine rings is 1. The maximum atomic E-state index is 10.8. The van der Waals surface area contributed by atoms with Crippen LogP contribution in [0.2, 0.25) is 0 Å². The minimum Gasteiger partial charge on any atom is -0.352 e. The molecule has 3 nitrogen and oxygen atoms in total. The molecule has 0 saturated heterocycles. The molecule has 0 radical (unpaired) electrons. The fraction of sp³-hybridized carbons (Fsp3) is 0.143. The van der Waals surface area contributed by atoms with Crippen molar-refractivity contribution in [2.24, 2.45) is 0 Å². The summed E-state index contributed by atoms with van der Waals surface area (Å²) in [6.07, 6.45) is 1.79. The third kappa shape index (κ3) is 3.14. The molecule has 3 heteroatoms. The molecule has 0 spiro atoms. The maximum Gasteiger partial charge on any atom is 0.217 e. The van der Waals surface area contributed by atoms with Crippen molar-refractivity contribution < 1.29 is 4.79 Å². The van der Waals surface area contributed by atoms with Crippen molar-refractivity contribution in [3.63, 3.8) is 0 Å². The molecule has 0 bridgehead atoms. The lowest BCUT2D eigenvalue weighted by Gasteiger charge is -2.04. The average Bonchev–Trinajstić information content (AvgIpc) is 2.38. The molecular formula is C14H14N2O. The highest BCUT2D eigenvalue weighted by molar-refractivity contribution is 5.72. The van der Waals surface area contributed by atoms with Gasteiger partial charge >= 0.3 is 0 Å². The number of benzene rings is 1. The van der Waals surface area contributed by atoms with Gasteiger partial charge in [0, 0.05) is 25.2 Å². The van der Waals surface area contributed by atoms with Crippen LogP contribution in [0.25, 0.3) is 11.3 Å². The Morgan fingerprint density at radius 2 is 1.94 bits per heavy atom. The summed E-state index contributed by atoms with van der Waals surface area (Å²) in [5.74, 6) is -0.0304. The second-order valence-corrected chi connectivity index (χ2v) is 3.83. The number of nitrogens with zero attached hydrogens (tertiary/aromatic N) is 1. The van der Waals surface area contributed by atoms with Crippen LogP contribution in [-0.2, 0) is 11.3 Å². The van der Waals surface area contributed by atoms with E-state index >= 15 is 0 Å². The van der Waals surface area contributed by atoms with Crippen LogP contribution in [0.5, 0.6) is 0 Å². The summed E-state index contributed by atoms with van der Waals surface area (Å²) < 4.78 is 0.